The molecule has 0 unspecified atom stereocenters. The lowest BCUT2D eigenvalue weighted by molar-refractivity contribution is -0.138. The molecule has 0 aliphatic carbocycles. The first-order valence-electron chi connectivity index (χ1n) is 10.4. The van der Waals surface area contributed by atoms with Crippen molar-refractivity contribution in [3.05, 3.63) is 82.8 Å². The maximum absolute atomic E-state index is 12.7. The normalized spacial score (nSPS) is 11.6. The van der Waals surface area contributed by atoms with Gasteiger partial charge in [0, 0.05) is 12.1 Å². The van der Waals surface area contributed by atoms with Gasteiger partial charge in [-0.15, -0.1) is 5.11 Å². The number of aromatic nitrogens is 2. The van der Waals surface area contributed by atoms with E-state index >= 15 is 0 Å². The summed E-state index contributed by atoms with van der Waals surface area (Å²) in [5, 5.41) is 11.1. The summed E-state index contributed by atoms with van der Waals surface area (Å²) in [6.07, 6.45) is 0.321. The number of aryl methyl sites for hydroxylation is 1. The number of hydrogen-bond acceptors (Lipinski definition) is 7. The van der Waals surface area contributed by atoms with Gasteiger partial charge < -0.3 is 4.74 Å². The maximum Gasteiger partial charge on any atom is 0.333 e. The van der Waals surface area contributed by atoms with E-state index in [2.05, 4.69) is 26.6 Å². The zero-order chi connectivity index (χ0) is 24.7. The Balaban J connectivity index is 1.62. The van der Waals surface area contributed by atoms with E-state index in [1.165, 1.54) is 35.9 Å². The number of rotatable bonds is 10. The molecular formula is C23H25N5O5S. The van der Waals surface area contributed by atoms with Gasteiger partial charge in [-0.2, -0.15) is 5.11 Å². The highest BCUT2D eigenvalue weighted by molar-refractivity contribution is 7.89. The third-order valence-corrected chi connectivity index (χ3v) is 6.14. The third-order valence-electron chi connectivity index (χ3n) is 4.66. The molecule has 0 saturated heterocycles. The number of hydrogen-bond donors (Lipinski definition) is 2. The molecule has 3 aromatic rings. The minimum atomic E-state index is -3.74. The molecule has 178 valence electrons. The van der Waals surface area contributed by atoms with Crippen LogP contribution < -0.4 is 10.3 Å². The number of aromatic amines is 1. The Labute approximate surface area is 197 Å². The number of esters is 1. The Morgan fingerprint density at radius 2 is 1.79 bits per heavy atom. The summed E-state index contributed by atoms with van der Waals surface area (Å²) in [4.78, 5) is 24.0. The molecule has 1 aromatic heterocycles. The van der Waals surface area contributed by atoms with Crippen LogP contribution in [0.1, 0.15) is 19.0 Å². The van der Waals surface area contributed by atoms with Crippen LogP contribution in [0, 0.1) is 6.92 Å². The number of H-pyrrole nitrogens is 1. The van der Waals surface area contributed by atoms with Crippen LogP contribution in [0.2, 0.25) is 0 Å². The van der Waals surface area contributed by atoms with Gasteiger partial charge in [0.05, 0.1) is 28.6 Å². The molecule has 0 saturated carbocycles. The monoisotopic (exact) mass is 483 g/mol. The van der Waals surface area contributed by atoms with E-state index in [4.69, 9.17) is 4.74 Å². The summed E-state index contributed by atoms with van der Waals surface area (Å²) in [7, 11) is -3.74. The van der Waals surface area contributed by atoms with Crippen LogP contribution in [0.4, 0.5) is 11.4 Å². The lowest BCUT2D eigenvalue weighted by Crippen LogP contribution is -2.25. The van der Waals surface area contributed by atoms with Crippen molar-refractivity contribution in [2.45, 2.75) is 25.2 Å². The van der Waals surface area contributed by atoms with Crippen molar-refractivity contribution in [2.75, 3.05) is 13.2 Å². The third kappa shape index (κ3) is 6.15. The van der Waals surface area contributed by atoms with E-state index < -0.39 is 16.0 Å². The average Bonchev–Trinajstić information content (AvgIpc) is 3.11. The molecule has 0 atom stereocenters. The van der Waals surface area contributed by atoms with E-state index in [0.29, 0.717) is 23.5 Å². The van der Waals surface area contributed by atoms with Gasteiger partial charge in [-0.05, 0) is 56.7 Å². The van der Waals surface area contributed by atoms with Crippen molar-refractivity contribution in [3.8, 4) is 5.69 Å². The predicted molar refractivity (Wildman–Crippen MR) is 127 cm³/mol. The molecule has 3 rings (SSSR count). The van der Waals surface area contributed by atoms with Gasteiger partial charge in [0.2, 0.25) is 10.0 Å². The second-order valence-corrected chi connectivity index (χ2v) is 9.19. The number of sulfonamides is 1. The van der Waals surface area contributed by atoms with Crippen LogP contribution in [0.25, 0.3) is 5.69 Å². The Morgan fingerprint density at radius 1 is 1.12 bits per heavy atom. The van der Waals surface area contributed by atoms with Crippen LogP contribution in [0.15, 0.2) is 86.7 Å². The van der Waals surface area contributed by atoms with Gasteiger partial charge in [0.25, 0.3) is 5.56 Å². The highest BCUT2D eigenvalue weighted by atomic mass is 32.2. The van der Waals surface area contributed by atoms with Gasteiger partial charge in [0.1, 0.15) is 0 Å². The molecule has 0 bridgehead atoms. The lowest BCUT2D eigenvalue weighted by atomic mass is 10.3. The van der Waals surface area contributed by atoms with Gasteiger partial charge in [-0.25, -0.2) is 22.6 Å². The Kier molecular flexibility index (Phi) is 7.92. The molecule has 0 aliphatic heterocycles. The molecule has 0 aliphatic rings. The maximum atomic E-state index is 12.7. The molecule has 34 heavy (non-hydrogen) atoms. The first-order chi connectivity index (χ1) is 16.2. The first-order valence-corrected chi connectivity index (χ1v) is 11.9. The van der Waals surface area contributed by atoms with Crippen molar-refractivity contribution in [1.29, 1.82) is 0 Å². The van der Waals surface area contributed by atoms with Gasteiger partial charge >= 0.3 is 5.97 Å². The predicted octanol–water partition coefficient (Wildman–Crippen LogP) is 3.68. The summed E-state index contributed by atoms with van der Waals surface area (Å²) in [5.41, 5.74) is 1.71. The molecule has 0 spiro atoms. The fourth-order valence-electron chi connectivity index (χ4n) is 2.86. The van der Waals surface area contributed by atoms with Crippen LogP contribution in [-0.2, 0) is 19.6 Å². The zero-order valence-corrected chi connectivity index (χ0v) is 19.6. The summed E-state index contributed by atoms with van der Waals surface area (Å²) >= 11 is 0. The molecule has 0 fully saturated rings. The molecular weight excluding hydrogens is 458 g/mol. The van der Waals surface area contributed by atoms with Crippen molar-refractivity contribution < 1.29 is 17.9 Å². The summed E-state index contributed by atoms with van der Waals surface area (Å²) in [6.45, 7) is 6.91. The summed E-state index contributed by atoms with van der Waals surface area (Å²) < 4.78 is 33.6. The highest BCUT2D eigenvalue weighted by Crippen LogP contribution is 2.20. The van der Waals surface area contributed by atoms with Gasteiger partial charge in [-0.1, -0.05) is 24.8 Å². The van der Waals surface area contributed by atoms with E-state index in [1.54, 1.807) is 19.1 Å². The first kappa shape index (κ1) is 24.8. The number of benzene rings is 2. The van der Waals surface area contributed by atoms with E-state index in [-0.39, 0.29) is 34.9 Å². The van der Waals surface area contributed by atoms with Crippen molar-refractivity contribution in [1.82, 2.24) is 14.5 Å². The molecule has 10 nitrogen and oxygen atoms in total. The topological polar surface area (TPSA) is 135 Å². The molecule has 2 aromatic carbocycles. The van der Waals surface area contributed by atoms with Gasteiger partial charge in [-0.3, -0.25) is 9.89 Å². The second kappa shape index (κ2) is 10.9. The summed E-state index contributed by atoms with van der Waals surface area (Å²) in [6, 6.07) is 14.8. The average molecular weight is 484 g/mol. The van der Waals surface area contributed by atoms with Crippen LogP contribution in [0.5, 0.6) is 0 Å². The van der Waals surface area contributed by atoms with E-state index in [0.717, 1.165) is 0 Å². The fourth-order valence-corrected chi connectivity index (χ4v) is 3.94. The lowest BCUT2D eigenvalue weighted by Gasteiger charge is -2.07. The molecule has 0 amide bonds. The molecule has 2 N–H and O–H groups in total. The smallest absolute Gasteiger partial charge is 0.333 e. The summed E-state index contributed by atoms with van der Waals surface area (Å²) in [5.74, 6) is -0.513. The number of nitrogens with zero attached hydrogens (tertiary/aromatic N) is 3. The standard InChI is InChI=1S/C23H25N5O5S/c1-16(2)23(30)33-15-7-14-24-34(31,32)20-12-10-18(11-13-20)25-26-21-17(3)27-28(22(21)29)19-8-5-4-6-9-19/h4-6,8-13,24,27H,1,7,14-15H2,2-3H3. The minimum Gasteiger partial charge on any atom is -0.462 e. The number of ether oxygens (including phenoxy) is 1. The van der Waals surface area contributed by atoms with Crippen LogP contribution >= 0.6 is 0 Å². The van der Waals surface area contributed by atoms with Gasteiger partial charge in [0.15, 0.2) is 5.69 Å². The second-order valence-electron chi connectivity index (χ2n) is 7.42. The molecule has 0 radical (unpaired) electrons. The van der Waals surface area contributed by atoms with E-state index in [9.17, 15) is 18.0 Å². The zero-order valence-electron chi connectivity index (χ0n) is 18.8. The number of carbonyl (C=O) groups excluding carboxylic acids is 1. The number of carbonyl (C=O) groups is 1. The van der Waals surface area contributed by atoms with Crippen molar-refractivity contribution in [2.24, 2.45) is 10.2 Å². The van der Waals surface area contributed by atoms with Crippen LogP contribution in [-0.4, -0.2) is 37.3 Å². The largest absolute Gasteiger partial charge is 0.462 e. The molecule has 11 heteroatoms. The van der Waals surface area contributed by atoms with Crippen molar-refractivity contribution >= 4 is 27.4 Å². The molecule has 1 heterocycles. The number of para-hydroxylation sites is 1. The minimum absolute atomic E-state index is 0.0506. The highest BCUT2D eigenvalue weighted by Gasteiger charge is 2.14. The quantitative estimate of drug-likeness (QED) is 0.196. The number of nitrogens with one attached hydrogen (secondary N) is 2. The Morgan fingerprint density at radius 3 is 2.44 bits per heavy atom. The van der Waals surface area contributed by atoms with Crippen LogP contribution in [0.3, 0.4) is 0 Å². The van der Waals surface area contributed by atoms with Crippen molar-refractivity contribution in [3.63, 3.8) is 0 Å². The van der Waals surface area contributed by atoms with E-state index in [1.807, 2.05) is 18.2 Å². The number of azo groups is 1. The Hall–Kier alpha value is -3.83. The Bertz CT molecular complexity index is 1360. The fraction of sp³-hybridized carbons (Fsp3) is 0.217. The SMILES string of the molecule is C=C(C)C(=O)OCCCNS(=O)(=O)c1ccc(N=Nc2c(C)[nH]n(-c3ccccc3)c2=O)cc1.